The monoisotopic (exact) mass is 317 g/mol. The first-order valence-corrected chi connectivity index (χ1v) is 6.72. The molecule has 1 unspecified atom stereocenters. The van der Waals surface area contributed by atoms with E-state index in [0.29, 0.717) is 25.1 Å². The van der Waals surface area contributed by atoms with Crippen molar-refractivity contribution in [3.8, 4) is 0 Å². The van der Waals surface area contributed by atoms with Crippen molar-refractivity contribution in [2.75, 3.05) is 11.9 Å². The molecule has 1 saturated heterocycles. The molecule has 0 saturated carbocycles. The van der Waals surface area contributed by atoms with E-state index in [0.717, 1.165) is 6.07 Å². The summed E-state index contributed by atoms with van der Waals surface area (Å²) in [6.45, 7) is 0.386. The van der Waals surface area contributed by atoms with Crippen LogP contribution in [0.1, 0.15) is 24.0 Å². The van der Waals surface area contributed by atoms with E-state index in [-0.39, 0.29) is 22.5 Å². The zero-order chi connectivity index (χ0) is 15.6. The second-order valence-electron chi connectivity index (χ2n) is 4.81. The molecule has 21 heavy (non-hydrogen) atoms. The first-order valence-electron chi connectivity index (χ1n) is 6.31. The molecule has 8 heteroatoms. The minimum atomic E-state index is -4.53. The number of carbonyl (C=O) groups excluding carboxylic acids is 1. The molecular weight excluding hydrogens is 303 g/mol. The number of amides is 1. The van der Waals surface area contributed by atoms with E-state index in [9.17, 15) is 18.0 Å². The molecule has 1 fully saturated rings. The third-order valence-corrected chi connectivity index (χ3v) is 3.45. The minimum Gasteiger partial charge on any atom is -0.389 e. The number of piperidine rings is 1. The Balaban J connectivity index is 2.21. The van der Waals surface area contributed by atoms with Gasteiger partial charge in [-0.1, -0.05) is 12.2 Å². The van der Waals surface area contributed by atoms with E-state index in [4.69, 9.17) is 5.73 Å². The summed E-state index contributed by atoms with van der Waals surface area (Å²) in [5.41, 5.74) is 4.59. The molecule has 0 spiro atoms. The van der Waals surface area contributed by atoms with Crippen molar-refractivity contribution in [1.29, 1.82) is 0 Å². The first kappa shape index (κ1) is 15.6. The number of hydrogen-bond donors (Lipinski definition) is 3. The second kappa shape index (κ2) is 5.88. The van der Waals surface area contributed by atoms with E-state index in [2.05, 4.69) is 22.9 Å². The fraction of sp³-hybridized carbons (Fsp3) is 0.385. The Kier molecular flexibility index (Phi) is 4.36. The van der Waals surface area contributed by atoms with Gasteiger partial charge in [0.25, 0.3) is 0 Å². The van der Waals surface area contributed by atoms with Crippen LogP contribution >= 0.6 is 12.2 Å². The highest BCUT2D eigenvalue weighted by Crippen LogP contribution is 2.34. The van der Waals surface area contributed by atoms with Crippen LogP contribution in [0.15, 0.2) is 18.2 Å². The molecule has 1 aliphatic heterocycles. The molecule has 1 atom stereocenters. The van der Waals surface area contributed by atoms with Gasteiger partial charge < -0.3 is 16.4 Å². The molecule has 0 aromatic heterocycles. The molecule has 0 aliphatic carbocycles. The zero-order valence-corrected chi connectivity index (χ0v) is 11.8. The van der Waals surface area contributed by atoms with Gasteiger partial charge in [0, 0.05) is 30.3 Å². The summed E-state index contributed by atoms with van der Waals surface area (Å²) < 4.78 is 39.1. The highest BCUT2D eigenvalue weighted by Gasteiger charge is 2.34. The second-order valence-corrected chi connectivity index (χ2v) is 5.25. The summed E-state index contributed by atoms with van der Waals surface area (Å²) in [6.07, 6.45) is -3.60. The van der Waals surface area contributed by atoms with Gasteiger partial charge in [-0.25, -0.2) is 0 Å². The number of anilines is 1. The number of nitrogens with two attached hydrogens (primary N) is 1. The number of thiocarbonyl (C=S) groups is 1. The Morgan fingerprint density at radius 2 is 2.14 bits per heavy atom. The Morgan fingerprint density at radius 1 is 1.43 bits per heavy atom. The van der Waals surface area contributed by atoms with Gasteiger partial charge in [0.2, 0.25) is 5.91 Å². The number of carbonyl (C=O) groups is 1. The molecule has 1 aromatic carbocycles. The summed E-state index contributed by atoms with van der Waals surface area (Å²) in [4.78, 5) is 10.8. The normalized spacial score (nSPS) is 19.0. The van der Waals surface area contributed by atoms with E-state index < -0.39 is 11.7 Å². The molecule has 114 valence electrons. The number of nitrogens with one attached hydrogen (secondary N) is 2. The smallest absolute Gasteiger partial charge is 0.389 e. The van der Waals surface area contributed by atoms with Crippen LogP contribution < -0.4 is 16.4 Å². The number of benzene rings is 1. The van der Waals surface area contributed by atoms with Crippen molar-refractivity contribution in [3.63, 3.8) is 0 Å². The van der Waals surface area contributed by atoms with Crippen LogP contribution in [-0.4, -0.2) is 23.5 Å². The van der Waals surface area contributed by atoms with Crippen molar-refractivity contribution < 1.29 is 18.0 Å². The van der Waals surface area contributed by atoms with Crippen molar-refractivity contribution >= 4 is 28.8 Å². The van der Waals surface area contributed by atoms with Crippen LogP contribution in [-0.2, 0) is 11.0 Å². The standard InChI is InChI=1S/C13H14F3N3OS/c14-13(15,16)10-5-7(1-3-9(10)12(17)21)19-8-2-4-11(20)18-6-8/h1,3,5,8,19H,2,4,6H2,(H2,17,21)(H,18,20). The molecule has 0 bridgehead atoms. The van der Waals surface area contributed by atoms with Gasteiger partial charge >= 0.3 is 6.18 Å². The van der Waals surface area contributed by atoms with Gasteiger partial charge in [0.1, 0.15) is 4.99 Å². The van der Waals surface area contributed by atoms with Gasteiger partial charge in [0.15, 0.2) is 0 Å². The molecule has 0 radical (unpaired) electrons. The third kappa shape index (κ3) is 3.84. The average Bonchev–Trinajstić information content (AvgIpc) is 2.40. The topological polar surface area (TPSA) is 67.1 Å². The summed E-state index contributed by atoms with van der Waals surface area (Å²) in [7, 11) is 0. The van der Waals surface area contributed by atoms with Crippen LogP contribution in [0.5, 0.6) is 0 Å². The van der Waals surface area contributed by atoms with Crippen LogP contribution in [0.4, 0.5) is 18.9 Å². The van der Waals surface area contributed by atoms with E-state index in [1.165, 1.54) is 12.1 Å². The summed E-state index contributed by atoms with van der Waals surface area (Å²) in [5, 5.41) is 5.64. The van der Waals surface area contributed by atoms with Gasteiger partial charge in [-0.3, -0.25) is 4.79 Å². The largest absolute Gasteiger partial charge is 0.417 e. The van der Waals surface area contributed by atoms with Gasteiger partial charge in [0.05, 0.1) is 5.56 Å². The molecule has 1 amide bonds. The van der Waals surface area contributed by atoms with Crippen LogP contribution in [0.3, 0.4) is 0 Å². The molecule has 1 aliphatic rings. The Morgan fingerprint density at radius 3 is 2.67 bits per heavy atom. The summed E-state index contributed by atoms with van der Waals surface area (Å²) in [5.74, 6) is -0.0483. The number of halogens is 3. The zero-order valence-electron chi connectivity index (χ0n) is 11.0. The van der Waals surface area contributed by atoms with Crippen LogP contribution in [0.25, 0.3) is 0 Å². The first-order chi connectivity index (χ1) is 9.77. The highest BCUT2D eigenvalue weighted by atomic mass is 32.1. The lowest BCUT2D eigenvalue weighted by Crippen LogP contribution is -2.41. The SMILES string of the molecule is NC(=S)c1ccc(NC2CCC(=O)NC2)cc1C(F)(F)F. The highest BCUT2D eigenvalue weighted by molar-refractivity contribution is 7.80. The predicted octanol–water partition coefficient (Wildman–Crippen LogP) is 2.03. The Bertz CT molecular complexity index is 564. The lowest BCUT2D eigenvalue weighted by atomic mass is 10.0. The maximum absolute atomic E-state index is 13.0. The van der Waals surface area contributed by atoms with Gasteiger partial charge in [-0.05, 0) is 24.6 Å². The van der Waals surface area contributed by atoms with E-state index in [1.54, 1.807) is 0 Å². The lowest BCUT2D eigenvalue weighted by Gasteiger charge is -2.25. The van der Waals surface area contributed by atoms with Gasteiger partial charge in [-0.2, -0.15) is 13.2 Å². The molecule has 1 aromatic rings. The Hall–Kier alpha value is -1.83. The number of rotatable bonds is 3. The van der Waals surface area contributed by atoms with E-state index >= 15 is 0 Å². The molecular formula is C13H14F3N3OS. The van der Waals surface area contributed by atoms with Crippen molar-refractivity contribution in [2.24, 2.45) is 5.73 Å². The molecule has 2 rings (SSSR count). The lowest BCUT2D eigenvalue weighted by molar-refractivity contribution is -0.137. The van der Waals surface area contributed by atoms with Crippen molar-refractivity contribution in [2.45, 2.75) is 25.1 Å². The fourth-order valence-electron chi connectivity index (χ4n) is 2.18. The number of hydrogen-bond acceptors (Lipinski definition) is 3. The van der Waals surface area contributed by atoms with Crippen molar-refractivity contribution in [3.05, 3.63) is 29.3 Å². The molecule has 1 heterocycles. The third-order valence-electron chi connectivity index (χ3n) is 3.23. The molecule has 4 N–H and O–H groups in total. The fourth-order valence-corrected chi connectivity index (χ4v) is 2.35. The minimum absolute atomic E-state index is 0.0483. The van der Waals surface area contributed by atoms with Crippen LogP contribution in [0.2, 0.25) is 0 Å². The average molecular weight is 317 g/mol. The maximum atomic E-state index is 13.0. The summed E-state index contributed by atoms with van der Waals surface area (Å²) >= 11 is 4.65. The number of alkyl halides is 3. The summed E-state index contributed by atoms with van der Waals surface area (Å²) in [6, 6.07) is 3.65. The Labute approximate surface area is 124 Å². The van der Waals surface area contributed by atoms with Gasteiger partial charge in [-0.15, -0.1) is 0 Å². The van der Waals surface area contributed by atoms with Crippen LogP contribution in [0, 0.1) is 0 Å². The van der Waals surface area contributed by atoms with E-state index in [1.807, 2.05) is 0 Å². The quantitative estimate of drug-likeness (QED) is 0.746. The molecule has 4 nitrogen and oxygen atoms in total. The van der Waals surface area contributed by atoms with Crippen molar-refractivity contribution in [1.82, 2.24) is 5.32 Å². The predicted molar refractivity (Wildman–Crippen MR) is 77.0 cm³/mol. The maximum Gasteiger partial charge on any atom is 0.417 e.